The van der Waals surface area contributed by atoms with Crippen molar-refractivity contribution in [2.75, 3.05) is 26.3 Å². The van der Waals surface area contributed by atoms with E-state index in [2.05, 4.69) is 29.5 Å². The molecule has 0 saturated carbocycles. The van der Waals surface area contributed by atoms with E-state index in [1.54, 1.807) is 13.8 Å². The van der Waals surface area contributed by atoms with E-state index in [1.807, 2.05) is 19.1 Å². The number of amides is 1. The molecule has 0 spiro atoms. The highest BCUT2D eigenvalue weighted by molar-refractivity contribution is 7.89. The van der Waals surface area contributed by atoms with Crippen LogP contribution in [0.15, 0.2) is 29.2 Å². The van der Waals surface area contributed by atoms with Crippen LogP contribution in [-0.4, -0.2) is 54.7 Å². The largest absolute Gasteiger partial charge is 0.379 e. The molecule has 0 radical (unpaired) electrons. The van der Waals surface area contributed by atoms with Crippen molar-refractivity contribution in [3.63, 3.8) is 0 Å². The Hall–Kier alpha value is -2.23. The Balaban J connectivity index is 1.72. The zero-order valence-electron chi connectivity index (χ0n) is 18.0. The van der Waals surface area contributed by atoms with Crippen LogP contribution in [0.3, 0.4) is 0 Å². The standard InChI is InChI=1S/C21H30N4O4S/c1-5-18-6-8-19(9-7-18)15(2)22-20(26)14-25-17(4)21(16(3)23-25)30(27,28)24-10-12-29-13-11-24/h6-9,15H,5,10-14H2,1-4H3,(H,22,26). The monoisotopic (exact) mass is 434 g/mol. The Kier molecular flexibility index (Phi) is 6.95. The maximum Gasteiger partial charge on any atom is 0.246 e. The van der Waals surface area contributed by atoms with E-state index >= 15 is 0 Å². The van der Waals surface area contributed by atoms with Crippen molar-refractivity contribution in [3.8, 4) is 0 Å². The van der Waals surface area contributed by atoms with Crippen LogP contribution in [0, 0.1) is 13.8 Å². The summed E-state index contributed by atoms with van der Waals surface area (Å²) in [6, 6.07) is 7.99. The van der Waals surface area contributed by atoms with Gasteiger partial charge in [0.05, 0.1) is 30.6 Å². The number of carbonyl (C=O) groups excluding carboxylic acids is 1. The molecule has 2 aromatic rings. The van der Waals surface area contributed by atoms with Gasteiger partial charge in [0, 0.05) is 13.1 Å². The second-order valence-corrected chi connectivity index (χ2v) is 9.43. The van der Waals surface area contributed by atoms with Gasteiger partial charge in [0.25, 0.3) is 0 Å². The van der Waals surface area contributed by atoms with Crippen LogP contribution in [0.4, 0.5) is 0 Å². The number of aromatic nitrogens is 2. The van der Waals surface area contributed by atoms with Crippen molar-refractivity contribution in [2.24, 2.45) is 0 Å². The average molecular weight is 435 g/mol. The molecule has 1 saturated heterocycles. The van der Waals surface area contributed by atoms with Gasteiger partial charge in [-0.25, -0.2) is 8.42 Å². The first-order valence-corrected chi connectivity index (χ1v) is 11.7. The number of rotatable bonds is 7. The minimum atomic E-state index is -3.67. The van der Waals surface area contributed by atoms with Crippen LogP contribution in [0.1, 0.15) is 42.4 Å². The van der Waals surface area contributed by atoms with E-state index in [-0.39, 0.29) is 23.4 Å². The molecule has 164 valence electrons. The second kappa shape index (κ2) is 9.28. The summed E-state index contributed by atoms with van der Waals surface area (Å²) in [6.07, 6.45) is 0.967. The number of carbonyl (C=O) groups is 1. The van der Waals surface area contributed by atoms with E-state index in [4.69, 9.17) is 4.74 Å². The highest BCUT2D eigenvalue weighted by Crippen LogP contribution is 2.24. The smallest absolute Gasteiger partial charge is 0.246 e. The quantitative estimate of drug-likeness (QED) is 0.719. The van der Waals surface area contributed by atoms with Crippen molar-refractivity contribution >= 4 is 15.9 Å². The lowest BCUT2D eigenvalue weighted by Crippen LogP contribution is -2.41. The minimum Gasteiger partial charge on any atom is -0.379 e. The second-order valence-electron chi connectivity index (χ2n) is 7.56. The zero-order valence-corrected chi connectivity index (χ0v) is 18.8. The molecule has 2 heterocycles. The Morgan fingerprint density at radius 1 is 1.20 bits per heavy atom. The van der Waals surface area contributed by atoms with Crippen LogP contribution in [0.25, 0.3) is 0 Å². The van der Waals surface area contributed by atoms with Crippen molar-refractivity contribution < 1.29 is 17.9 Å². The molecular formula is C21H30N4O4S. The van der Waals surface area contributed by atoms with Crippen LogP contribution in [0.5, 0.6) is 0 Å². The van der Waals surface area contributed by atoms with Gasteiger partial charge in [-0.2, -0.15) is 9.40 Å². The normalized spacial score (nSPS) is 16.4. The summed E-state index contributed by atoms with van der Waals surface area (Å²) in [5.74, 6) is -0.219. The van der Waals surface area contributed by atoms with Crippen LogP contribution < -0.4 is 5.32 Å². The summed E-state index contributed by atoms with van der Waals surface area (Å²) >= 11 is 0. The summed E-state index contributed by atoms with van der Waals surface area (Å²) in [5, 5.41) is 7.30. The maximum absolute atomic E-state index is 13.1. The molecule has 1 atom stereocenters. The number of nitrogens with zero attached hydrogens (tertiary/aromatic N) is 3. The third kappa shape index (κ3) is 4.74. The van der Waals surface area contributed by atoms with E-state index in [9.17, 15) is 13.2 Å². The third-order valence-electron chi connectivity index (χ3n) is 5.44. The van der Waals surface area contributed by atoms with Crippen molar-refractivity contribution in [3.05, 3.63) is 46.8 Å². The van der Waals surface area contributed by atoms with Crippen molar-refractivity contribution in [2.45, 2.75) is 51.6 Å². The molecule has 1 fully saturated rings. The fraction of sp³-hybridized carbons (Fsp3) is 0.524. The number of benzene rings is 1. The lowest BCUT2D eigenvalue weighted by molar-refractivity contribution is -0.122. The van der Waals surface area contributed by atoms with Gasteiger partial charge in [0.1, 0.15) is 11.4 Å². The number of morpholine rings is 1. The molecular weight excluding hydrogens is 404 g/mol. The molecule has 1 unspecified atom stereocenters. The van der Waals surface area contributed by atoms with Gasteiger partial charge < -0.3 is 10.1 Å². The lowest BCUT2D eigenvalue weighted by atomic mass is 10.1. The molecule has 1 amide bonds. The molecule has 1 aliphatic heterocycles. The number of aryl methyl sites for hydroxylation is 2. The molecule has 8 nitrogen and oxygen atoms in total. The highest BCUT2D eigenvalue weighted by atomic mass is 32.2. The molecule has 0 aliphatic carbocycles. The fourth-order valence-corrected chi connectivity index (χ4v) is 5.45. The number of sulfonamides is 1. The summed E-state index contributed by atoms with van der Waals surface area (Å²) in [6.45, 7) is 8.73. The minimum absolute atomic E-state index is 0.0390. The SMILES string of the molecule is CCc1ccc(C(C)NC(=O)Cn2nc(C)c(S(=O)(=O)N3CCOCC3)c2C)cc1. The van der Waals surface area contributed by atoms with Crippen LogP contribution in [0.2, 0.25) is 0 Å². The van der Waals surface area contributed by atoms with Gasteiger partial charge in [0.2, 0.25) is 15.9 Å². The number of hydrogen-bond donors (Lipinski definition) is 1. The first kappa shape index (κ1) is 22.5. The average Bonchev–Trinajstić information content (AvgIpc) is 3.02. The zero-order chi connectivity index (χ0) is 21.9. The Morgan fingerprint density at radius 2 is 1.83 bits per heavy atom. The van der Waals surface area contributed by atoms with Gasteiger partial charge in [-0.1, -0.05) is 31.2 Å². The van der Waals surface area contributed by atoms with Crippen LogP contribution >= 0.6 is 0 Å². The first-order chi connectivity index (χ1) is 14.2. The van der Waals surface area contributed by atoms with E-state index in [0.29, 0.717) is 37.7 Å². The lowest BCUT2D eigenvalue weighted by Gasteiger charge is -2.26. The summed E-state index contributed by atoms with van der Waals surface area (Å²) in [4.78, 5) is 12.8. The van der Waals surface area contributed by atoms with Crippen molar-refractivity contribution in [1.29, 1.82) is 0 Å². The van der Waals surface area contributed by atoms with Gasteiger partial charge >= 0.3 is 0 Å². The molecule has 0 bridgehead atoms. The topological polar surface area (TPSA) is 93.5 Å². The Bertz CT molecular complexity index is 993. The third-order valence-corrected chi connectivity index (χ3v) is 7.59. The van der Waals surface area contributed by atoms with Gasteiger partial charge in [-0.15, -0.1) is 0 Å². The molecule has 1 N–H and O–H groups in total. The maximum atomic E-state index is 13.1. The highest BCUT2D eigenvalue weighted by Gasteiger charge is 2.32. The predicted octanol–water partition coefficient (Wildman–Crippen LogP) is 1.96. The van der Waals surface area contributed by atoms with E-state index in [0.717, 1.165) is 12.0 Å². The number of ether oxygens (including phenoxy) is 1. The summed E-state index contributed by atoms with van der Waals surface area (Å²) < 4.78 is 34.3. The van der Waals surface area contributed by atoms with Gasteiger partial charge in [-0.3, -0.25) is 9.48 Å². The van der Waals surface area contributed by atoms with Gasteiger partial charge in [-0.05, 0) is 38.3 Å². The molecule has 30 heavy (non-hydrogen) atoms. The molecule has 9 heteroatoms. The Labute approximate surface area is 178 Å². The van der Waals surface area contributed by atoms with Crippen molar-refractivity contribution in [1.82, 2.24) is 19.4 Å². The van der Waals surface area contributed by atoms with Crippen LogP contribution in [-0.2, 0) is 32.5 Å². The number of nitrogens with one attached hydrogen (secondary N) is 1. The van der Waals surface area contributed by atoms with E-state index in [1.165, 1.54) is 14.6 Å². The predicted molar refractivity (Wildman–Crippen MR) is 114 cm³/mol. The van der Waals surface area contributed by atoms with Gasteiger partial charge in [0.15, 0.2) is 0 Å². The summed E-state index contributed by atoms with van der Waals surface area (Å²) in [5.41, 5.74) is 3.13. The first-order valence-electron chi connectivity index (χ1n) is 10.2. The number of hydrogen-bond acceptors (Lipinski definition) is 5. The Morgan fingerprint density at radius 3 is 2.43 bits per heavy atom. The molecule has 1 aromatic heterocycles. The summed E-state index contributed by atoms with van der Waals surface area (Å²) in [7, 11) is -3.67. The van der Waals surface area contributed by atoms with E-state index < -0.39 is 10.0 Å². The molecule has 1 aromatic carbocycles. The molecule has 1 aliphatic rings. The molecule has 3 rings (SSSR count). The fourth-order valence-electron chi connectivity index (χ4n) is 3.67.